The maximum atomic E-state index is 5.25. The lowest BCUT2D eigenvalue weighted by atomic mass is 9.90. The van der Waals surface area contributed by atoms with Crippen molar-refractivity contribution >= 4 is 0 Å². The quantitative estimate of drug-likeness (QED) is 0.296. The number of hydrogen-bond donors (Lipinski definition) is 0. The van der Waals surface area contributed by atoms with E-state index >= 15 is 0 Å². The Bertz CT molecular complexity index is 231. The van der Waals surface area contributed by atoms with Crippen LogP contribution in [-0.2, 0) is 9.47 Å². The Kier molecular flexibility index (Phi) is 7.63. The van der Waals surface area contributed by atoms with Crippen molar-refractivity contribution in [2.45, 2.75) is 44.9 Å². The summed E-state index contributed by atoms with van der Waals surface area (Å²) in [5.74, 6) is 3.71. The van der Waals surface area contributed by atoms with Gasteiger partial charge in [0.15, 0.2) is 6.79 Å². The Morgan fingerprint density at radius 3 is 2.81 bits per heavy atom. The van der Waals surface area contributed by atoms with Gasteiger partial charge in [0, 0.05) is 5.92 Å². The summed E-state index contributed by atoms with van der Waals surface area (Å²) in [4.78, 5) is 0. The van der Waals surface area contributed by atoms with Crippen LogP contribution in [0.15, 0.2) is 12.7 Å². The lowest BCUT2D eigenvalue weighted by Crippen LogP contribution is -2.03. The van der Waals surface area contributed by atoms with Crippen LogP contribution in [0.4, 0.5) is 0 Å². The molecular weight excluding hydrogens is 200 g/mol. The molecule has 0 bridgehead atoms. The van der Waals surface area contributed by atoms with Gasteiger partial charge in [0.05, 0.1) is 6.61 Å². The second-order valence-corrected chi connectivity index (χ2v) is 4.18. The van der Waals surface area contributed by atoms with Crippen LogP contribution in [0.3, 0.4) is 0 Å². The third-order valence-corrected chi connectivity index (χ3v) is 2.78. The third kappa shape index (κ3) is 6.53. The Hall–Kier alpha value is -0.940. The summed E-state index contributed by atoms with van der Waals surface area (Å²) < 4.78 is 10.4. The SMILES string of the molecule is C=CCCCOCOC#CC1CCCCC1. The third-order valence-electron chi connectivity index (χ3n) is 2.78. The van der Waals surface area contributed by atoms with Crippen molar-refractivity contribution in [3.63, 3.8) is 0 Å². The highest BCUT2D eigenvalue weighted by molar-refractivity contribution is 4.98. The van der Waals surface area contributed by atoms with Crippen molar-refractivity contribution in [3.05, 3.63) is 12.7 Å². The number of unbranched alkanes of at least 4 members (excludes halogenated alkanes) is 1. The molecule has 0 spiro atoms. The van der Waals surface area contributed by atoms with Gasteiger partial charge >= 0.3 is 0 Å². The molecule has 1 saturated carbocycles. The van der Waals surface area contributed by atoms with E-state index in [4.69, 9.17) is 9.47 Å². The van der Waals surface area contributed by atoms with E-state index < -0.39 is 0 Å². The van der Waals surface area contributed by atoms with E-state index in [1.807, 2.05) is 6.08 Å². The van der Waals surface area contributed by atoms with E-state index in [1.54, 1.807) is 0 Å². The molecule has 0 aromatic rings. The minimum atomic E-state index is 0.289. The first-order chi connectivity index (χ1) is 7.93. The second kappa shape index (κ2) is 9.30. The van der Waals surface area contributed by atoms with Gasteiger partial charge in [-0.1, -0.05) is 31.3 Å². The monoisotopic (exact) mass is 222 g/mol. The summed E-state index contributed by atoms with van der Waals surface area (Å²) in [5, 5.41) is 0. The molecule has 0 heterocycles. The zero-order chi connectivity index (χ0) is 11.5. The summed E-state index contributed by atoms with van der Waals surface area (Å²) in [6.45, 7) is 4.66. The molecule has 0 aromatic heterocycles. The molecule has 0 atom stereocenters. The molecule has 0 N–H and O–H groups in total. The summed E-state index contributed by atoms with van der Waals surface area (Å²) in [6, 6.07) is 0. The van der Waals surface area contributed by atoms with Gasteiger partial charge in [-0.05, 0) is 25.7 Å². The zero-order valence-corrected chi connectivity index (χ0v) is 10.0. The van der Waals surface area contributed by atoms with Crippen molar-refractivity contribution in [2.75, 3.05) is 13.4 Å². The molecule has 1 aliphatic rings. The van der Waals surface area contributed by atoms with Crippen LogP contribution < -0.4 is 0 Å². The number of rotatable bonds is 6. The molecule has 90 valence electrons. The van der Waals surface area contributed by atoms with Crippen LogP contribution in [0.5, 0.6) is 0 Å². The maximum absolute atomic E-state index is 5.25. The van der Waals surface area contributed by atoms with Gasteiger partial charge < -0.3 is 9.47 Å². The fraction of sp³-hybridized carbons (Fsp3) is 0.714. The molecule has 2 heteroatoms. The molecule has 1 aliphatic carbocycles. The van der Waals surface area contributed by atoms with Crippen molar-refractivity contribution in [3.8, 4) is 12.0 Å². The molecule has 2 nitrogen and oxygen atoms in total. The minimum Gasteiger partial charge on any atom is -0.417 e. The standard InChI is InChI=1S/C14H22O2/c1-2-3-7-11-15-13-16-12-10-14-8-5-4-6-9-14/h2,14H,1,3-9,11,13H2. The van der Waals surface area contributed by atoms with E-state index in [9.17, 15) is 0 Å². The lowest BCUT2D eigenvalue weighted by Gasteiger charge is -2.15. The molecule has 16 heavy (non-hydrogen) atoms. The van der Waals surface area contributed by atoms with Gasteiger partial charge in [-0.25, -0.2) is 0 Å². The number of ether oxygens (including phenoxy) is 2. The van der Waals surface area contributed by atoms with E-state index in [-0.39, 0.29) is 6.79 Å². The van der Waals surface area contributed by atoms with Gasteiger partial charge in [-0.3, -0.25) is 0 Å². The molecule has 0 saturated heterocycles. The highest BCUT2D eigenvalue weighted by Gasteiger charge is 2.09. The first-order valence-corrected chi connectivity index (χ1v) is 6.24. The van der Waals surface area contributed by atoms with Crippen molar-refractivity contribution < 1.29 is 9.47 Å². The zero-order valence-electron chi connectivity index (χ0n) is 10.0. The van der Waals surface area contributed by atoms with Crippen molar-refractivity contribution in [2.24, 2.45) is 5.92 Å². The van der Waals surface area contributed by atoms with Gasteiger partial charge in [0.25, 0.3) is 0 Å². The lowest BCUT2D eigenvalue weighted by molar-refractivity contribution is -0.00268. The first-order valence-electron chi connectivity index (χ1n) is 6.24. The summed E-state index contributed by atoms with van der Waals surface area (Å²) in [7, 11) is 0. The number of allylic oxidation sites excluding steroid dienone is 1. The normalized spacial score (nSPS) is 16.2. The van der Waals surface area contributed by atoms with Crippen molar-refractivity contribution in [1.29, 1.82) is 0 Å². The average Bonchev–Trinajstić information content (AvgIpc) is 2.34. The summed E-state index contributed by atoms with van der Waals surface area (Å²) in [5.41, 5.74) is 0. The van der Waals surface area contributed by atoms with Crippen LogP contribution in [0, 0.1) is 17.9 Å². The van der Waals surface area contributed by atoms with Gasteiger partial charge in [0.2, 0.25) is 0 Å². The van der Waals surface area contributed by atoms with Crippen LogP contribution >= 0.6 is 0 Å². The van der Waals surface area contributed by atoms with Gasteiger partial charge in [-0.2, -0.15) is 0 Å². The van der Waals surface area contributed by atoms with E-state index in [0.29, 0.717) is 5.92 Å². The van der Waals surface area contributed by atoms with Crippen LogP contribution in [0.1, 0.15) is 44.9 Å². The van der Waals surface area contributed by atoms with Gasteiger partial charge in [0.1, 0.15) is 6.11 Å². The first kappa shape index (κ1) is 13.1. The van der Waals surface area contributed by atoms with E-state index in [0.717, 1.165) is 19.4 Å². The molecule has 1 fully saturated rings. The Morgan fingerprint density at radius 2 is 2.06 bits per heavy atom. The fourth-order valence-corrected chi connectivity index (χ4v) is 1.83. The van der Waals surface area contributed by atoms with E-state index in [2.05, 4.69) is 18.6 Å². The molecule has 0 amide bonds. The molecule has 0 unspecified atom stereocenters. The topological polar surface area (TPSA) is 18.5 Å². The molecular formula is C14H22O2. The molecule has 0 aliphatic heterocycles. The average molecular weight is 222 g/mol. The molecule has 0 aromatic carbocycles. The van der Waals surface area contributed by atoms with Crippen molar-refractivity contribution in [1.82, 2.24) is 0 Å². The minimum absolute atomic E-state index is 0.289. The fourth-order valence-electron chi connectivity index (χ4n) is 1.83. The second-order valence-electron chi connectivity index (χ2n) is 4.18. The molecule has 1 rings (SSSR count). The number of hydrogen-bond acceptors (Lipinski definition) is 2. The maximum Gasteiger partial charge on any atom is 0.199 e. The van der Waals surface area contributed by atoms with Crippen LogP contribution in [0.25, 0.3) is 0 Å². The predicted molar refractivity (Wildman–Crippen MR) is 65.7 cm³/mol. The van der Waals surface area contributed by atoms with E-state index in [1.165, 1.54) is 32.1 Å². The summed E-state index contributed by atoms with van der Waals surface area (Å²) in [6.07, 6.45) is 13.1. The Balaban J connectivity index is 1.93. The van der Waals surface area contributed by atoms with Crippen LogP contribution in [0.2, 0.25) is 0 Å². The van der Waals surface area contributed by atoms with Gasteiger partial charge in [-0.15, -0.1) is 6.58 Å². The smallest absolute Gasteiger partial charge is 0.199 e. The Labute approximate surface area is 99.0 Å². The Morgan fingerprint density at radius 1 is 1.25 bits per heavy atom. The largest absolute Gasteiger partial charge is 0.417 e. The van der Waals surface area contributed by atoms with Crippen LogP contribution in [-0.4, -0.2) is 13.4 Å². The summed E-state index contributed by atoms with van der Waals surface area (Å²) >= 11 is 0. The highest BCUT2D eigenvalue weighted by Crippen LogP contribution is 2.22. The molecule has 0 radical (unpaired) electrons. The highest BCUT2D eigenvalue weighted by atomic mass is 16.7. The predicted octanol–water partition coefficient (Wildman–Crippen LogP) is 3.48.